The Balaban J connectivity index is 1.92. The van der Waals surface area contributed by atoms with E-state index in [1.54, 1.807) is 30.3 Å². The third-order valence-electron chi connectivity index (χ3n) is 3.33. The second kappa shape index (κ2) is 8.44. The summed E-state index contributed by atoms with van der Waals surface area (Å²) in [4.78, 5) is 33.3. The van der Waals surface area contributed by atoms with Crippen LogP contribution in [-0.4, -0.2) is 34.6 Å². The molecule has 0 heterocycles. The van der Waals surface area contributed by atoms with Gasteiger partial charge in [-0.3, -0.25) is 14.9 Å². The number of amides is 1. The highest BCUT2D eigenvalue weighted by atomic mass is 16.6. The van der Waals surface area contributed by atoms with Gasteiger partial charge in [0.05, 0.1) is 4.92 Å². The number of carboxylic acids is 1. The van der Waals surface area contributed by atoms with Crippen LogP contribution < -0.4 is 10.1 Å². The molecule has 0 fully saturated rings. The molecule has 2 N–H and O–H groups in total. The van der Waals surface area contributed by atoms with Gasteiger partial charge >= 0.3 is 5.97 Å². The highest BCUT2D eigenvalue weighted by molar-refractivity contribution is 5.84. The summed E-state index contributed by atoms with van der Waals surface area (Å²) in [6, 6.07) is 13.0. The average Bonchev–Trinajstić information content (AvgIpc) is 2.60. The van der Waals surface area contributed by atoms with Crippen LogP contribution in [0.4, 0.5) is 5.69 Å². The van der Waals surface area contributed by atoms with Crippen LogP contribution in [-0.2, 0) is 16.0 Å². The van der Waals surface area contributed by atoms with Crippen LogP contribution in [0, 0.1) is 10.1 Å². The number of nitro benzene ring substituents is 1. The van der Waals surface area contributed by atoms with Crippen LogP contribution in [0.25, 0.3) is 0 Å². The standard InChI is InChI=1S/C17H16N2O6/c20-16(11-25-14-4-2-1-3-5-14)18-15(17(21)22)10-12-6-8-13(9-7-12)19(23)24/h1-9,15H,10-11H2,(H,18,20)(H,21,22)/t15-/m0/s1. The van der Waals surface area contributed by atoms with Crippen molar-refractivity contribution in [2.45, 2.75) is 12.5 Å². The zero-order valence-electron chi connectivity index (χ0n) is 13.1. The van der Waals surface area contributed by atoms with Crippen molar-refractivity contribution in [2.24, 2.45) is 0 Å². The van der Waals surface area contributed by atoms with E-state index >= 15 is 0 Å². The summed E-state index contributed by atoms with van der Waals surface area (Å²) in [5.74, 6) is -1.27. The lowest BCUT2D eigenvalue weighted by Gasteiger charge is -2.15. The van der Waals surface area contributed by atoms with Gasteiger partial charge in [0.2, 0.25) is 0 Å². The maximum Gasteiger partial charge on any atom is 0.326 e. The Kier molecular flexibility index (Phi) is 6.05. The molecule has 8 nitrogen and oxygen atoms in total. The molecular weight excluding hydrogens is 328 g/mol. The first-order valence-electron chi connectivity index (χ1n) is 7.39. The van der Waals surface area contributed by atoms with Crippen LogP contribution in [0.2, 0.25) is 0 Å². The van der Waals surface area contributed by atoms with Gasteiger partial charge in [-0.05, 0) is 17.7 Å². The molecule has 0 aliphatic carbocycles. The van der Waals surface area contributed by atoms with Crippen molar-refractivity contribution in [3.63, 3.8) is 0 Å². The molecule has 0 aromatic heterocycles. The highest BCUT2D eigenvalue weighted by Crippen LogP contribution is 2.13. The summed E-state index contributed by atoms with van der Waals surface area (Å²) >= 11 is 0. The summed E-state index contributed by atoms with van der Waals surface area (Å²) in [7, 11) is 0. The number of hydrogen-bond donors (Lipinski definition) is 2. The summed E-state index contributed by atoms with van der Waals surface area (Å²) in [5, 5.41) is 22.2. The molecule has 130 valence electrons. The largest absolute Gasteiger partial charge is 0.484 e. The zero-order chi connectivity index (χ0) is 18.2. The molecule has 2 rings (SSSR count). The maximum absolute atomic E-state index is 11.9. The number of para-hydroxylation sites is 1. The van der Waals surface area contributed by atoms with Gasteiger partial charge in [-0.1, -0.05) is 30.3 Å². The van der Waals surface area contributed by atoms with E-state index in [-0.39, 0.29) is 18.7 Å². The highest BCUT2D eigenvalue weighted by Gasteiger charge is 2.21. The number of aliphatic carboxylic acids is 1. The molecule has 0 aliphatic heterocycles. The van der Waals surface area contributed by atoms with Gasteiger partial charge in [-0.2, -0.15) is 0 Å². The number of nitrogens with one attached hydrogen (secondary N) is 1. The van der Waals surface area contributed by atoms with Gasteiger partial charge in [0, 0.05) is 18.6 Å². The summed E-state index contributed by atoms with van der Waals surface area (Å²) < 4.78 is 5.26. The van der Waals surface area contributed by atoms with E-state index in [2.05, 4.69) is 5.32 Å². The molecule has 8 heteroatoms. The van der Waals surface area contributed by atoms with Crippen LogP contribution >= 0.6 is 0 Å². The van der Waals surface area contributed by atoms with E-state index in [9.17, 15) is 24.8 Å². The number of rotatable bonds is 8. The topological polar surface area (TPSA) is 119 Å². The molecule has 1 atom stereocenters. The maximum atomic E-state index is 11.9. The normalized spacial score (nSPS) is 11.4. The SMILES string of the molecule is O=C(COc1ccccc1)N[C@@H](Cc1ccc([N+](=O)[O-])cc1)C(=O)O. The van der Waals surface area contributed by atoms with Gasteiger partial charge in [0.1, 0.15) is 11.8 Å². The number of hydrogen-bond acceptors (Lipinski definition) is 5. The molecule has 25 heavy (non-hydrogen) atoms. The van der Waals surface area contributed by atoms with E-state index in [1.807, 2.05) is 0 Å². The van der Waals surface area contributed by atoms with Crippen molar-refractivity contribution < 1.29 is 24.4 Å². The first-order chi connectivity index (χ1) is 12.0. The van der Waals surface area contributed by atoms with Crippen molar-refractivity contribution in [3.05, 3.63) is 70.3 Å². The number of ether oxygens (including phenoxy) is 1. The molecule has 0 aliphatic rings. The predicted octanol–water partition coefficient (Wildman–Crippen LogP) is 1.79. The van der Waals surface area contributed by atoms with Gasteiger partial charge < -0.3 is 15.2 Å². The van der Waals surface area contributed by atoms with Crippen molar-refractivity contribution >= 4 is 17.6 Å². The number of carbonyl (C=O) groups excluding carboxylic acids is 1. The minimum atomic E-state index is -1.20. The molecule has 0 bridgehead atoms. The van der Waals surface area contributed by atoms with Crippen LogP contribution in [0.5, 0.6) is 5.75 Å². The van der Waals surface area contributed by atoms with Crippen molar-refractivity contribution in [3.8, 4) is 5.75 Å². The van der Waals surface area contributed by atoms with Crippen molar-refractivity contribution in [2.75, 3.05) is 6.61 Å². The molecule has 0 saturated carbocycles. The fraction of sp³-hybridized carbons (Fsp3) is 0.176. The van der Waals surface area contributed by atoms with Crippen LogP contribution in [0.15, 0.2) is 54.6 Å². The zero-order valence-corrected chi connectivity index (χ0v) is 13.1. The summed E-state index contributed by atoms with van der Waals surface area (Å²) in [5.41, 5.74) is 0.471. The number of nitrogens with zero attached hydrogens (tertiary/aromatic N) is 1. The Labute approximate surface area is 143 Å². The summed E-state index contributed by atoms with van der Waals surface area (Å²) in [6.45, 7) is -0.311. The van der Waals surface area contributed by atoms with E-state index in [1.165, 1.54) is 24.3 Å². The molecule has 0 unspecified atom stereocenters. The minimum Gasteiger partial charge on any atom is -0.484 e. The van der Waals surface area contributed by atoms with E-state index < -0.39 is 22.8 Å². The molecule has 2 aromatic carbocycles. The van der Waals surface area contributed by atoms with E-state index in [4.69, 9.17) is 4.74 Å². The fourth-order valence-corrected chi connectivity index (χ4v) is 2.09. The second-order valence-electron chi connectivity index (χ2n) is 5.19. The molecule has 0 spiro atoms. The molecular formula is C17H16N2O6. The lowest BCUT2D eigenvalue weighted by molar-refractivity contribution is -0.384. The molecule has 0 radical (unpaired) electrons. The van der Waals surface area contributed by atoms with Gasteiger partial charge in [0.15, 0.2) is 6.61 Å². The van der Waals surface area contributed by atoms with Gasteiger partial charge in [-0.15, -0.1) is 0 Å². The van der Waals surface area contributed by atoms with Gasteiger partial charge in [-0.25, -0.2) is 4.79 Å². The second-order valence-corrected chi connectivity index (χ2v) is 5.19. The number of non-ortho nitro benzene ring substituents is 1. The number of carbonyl (C=O) groups is 2. The third-order valence-corrected chi connectivity index (χ3v) is 3.33. The average molecular weight is 344 g/mol. The number of nitro groups is 1. The Morgan fingerprint density at radius 3 is 2.32 bits per heavy atom. The molecule has 1 amide bonds. The van der Waals surface area contributed by atoms with Crippen LogP contribution in [0.1, 0.15) is 5.56 Å². The Hall–Kier alpha value is -3.42. The number of benzene rings is 2. The van der Waals surface area contributed by atoms with Crippen molar-refractivity contribution in [1.82, 2.24) is 5.32 Å². The molecule has 0 saturated heterocycles. The van der Waals surface area contributed by atoms with E-state index in [0.29, 0.717) is 11.3 Å². The Morgan fingerprint density at radius 2 is 1.76 bits per heavy atom. The lowest BCUT2D eigenvalue weighted by Crippen LogP contribution is -2.44. The monoisotopic (exact) mass is 344 g/mol. The van der Waals surface area contributed by atoms with E-state index in [0.717, 1.165) is 0 Å². The first-order valence-corrected chi connectivity index (χ1v) is 7.39. The predicted molar refractivity (Wildman–Crippen MR) is 88.3 cm³/mol. The van der Waals surface area contributed by atoms with Crippen molar-refractivity contribution in [1.29, 1.82) is 0 Å². The third kappa shape index (κ3) is 5.61. The Morgan fingerprint density at radius 1 is 1.12 bits per heavy atom. The Bertz CT molecular complexity index is 745. The minimum absolute atomic E-state index is 0.00437. The van der Waals surface area contributed by atoms with Gasteiger partial charge in [0.25, 0.3) is 11.6 Å². The fourth-order valence-electron chi connectivity index (χ4n) is 2.09. The smallest absolute Gasteiger partial charge is 0.326 e. The van der Waals surface area contributed by atoms with Crippen LogP contribution in [0.3, 0.4) is 0 Å². The molecule has 2 aromatic rings. The number of carboxylic acid groups (broad SMARTS) is 1. The summed E-state index contributed by atoms with van der Waals surface area (Å²) in [6.07, 6.45) is 0.00437. The first kappa shape index (κ1) is 17.9. The quantitative estimate of drug-likeness (QED) is 0.556. The lowest BCUT2D eigenvalue weighted by atomic mass is 10.1.